The van der Waals surface area contributed by atoms with E-state index in [0.29, 0.717) is 6.61 Å². The zero-order valence-electron chi connectivity index (χ0n) is 16.0. The minimum absolute atomic E-state index is 0.242. The maximum absolute atomic E-state index is 10.4. The Morgan fingerprint density at radius 3 is 2.11 bits per heavy atom. The van der Waals surface area contributed by atoms with E-state index in [1.807, 2.05) is 36.4 Å². The van der Waals surface area contributed by atoms with Gasteiger partial charge in [0.1, 0.15) is 11.5 Å². The molecule has 0 radical (unpaired) electrons. The lowest BCUT2D eigenvalue weighted by Gasteiger charge is -2.15. The maximum atomic E-state index is 10.4. The van der Waals surface area contributed by atoms with Crippen LogP contribution >= 0.6 is 0 Å². The summed E-state index contributed by atoms with van der Waals surface area (Å²) < 4.78 is 6.04. The third-order valence-corrected chi connectivity index (χ3v) is 4.47. The van der Waals surface area contributed by atoms with Gasteiger partial charge < -0.3 is 14.9 Å². The minimum Gasteiger partial charge on any atom is -0.507 e. The van der Waals surface area contributed by atoms with Crippen molar-refractivity contribution in [1.82, 2.24) is 0 Å². The van der Waals surface area contributed by atoms with Crippen molar-refractivity contribution in [2.24, 2.45) is 0 Å². The van der Waals surface area contributed by atoms with Crippen LogP contribution in [0.1, 0.15) is 36.8 Å². The number of ether oxygens (including phenoxy) is 1. The second kappa shape index (κ2) is 11.2. The van der Waals surface area contributed by atoms with Crippen molar-refractivity contribution in [2.75, 3.05) is 13.2 Å². The molecule has 0 heterocycles. The van der Waals surface area contributed by atoms with Crippen molar-refractivity contribution in [2.45, 2.75) is 38.5 Å². The first-order valence-corrected chi connectivity index (χ1v) is 9.60. The van der Waals surface area contributed by atoms with E-state index < -0.39 is 0 Å². The number of unbranched alkanes of at least 4 members (excludes halogenated alkanes) is 3. The number of hydrogen-bond donors (Lipinski definition) is 2. The first-order valence-electron chi connectivity index (χ1n) is 9.60. The molecule has 0 atom stereocenters. The van der Waals surface area contributed by atoms with Gasteiger partial charge in [-0.25, -0.2) is 0 Å². The van der Waals surface area contributed by atoms with Crippen molar-refractivity contribution in [3.8, 4) is 22.6 Å². The summed E-state index contributed by atoms with van der Waals surface area (Å²) in [5.41, 5.74) is 3.90. The average Bonchev–Trinajstić information content (AvgIpc) is 2.67. The van der Waals surface area contributed by atoms with Crippen molar-refractivity contribution in [3.63, 3.8) is 0 Å². The fourth-order valence-electron chi connectivity index (χ4n) is 3.05. The molecule has 0 aliphatic carbocycles. The van der Waals surface area contributed by atoms with Crippen LogP contribution in [0.4, 0.5) is 0 Å². The van der Waals surface area contributed by atoms with Gasteiger partial charge in [0.15, 0.2) is 0 Å². The molecule has 0 aromatic heterocycles. The van der Waals surface area contributed by atoms with Crippen LogP contribution in [0.25, 0.3) is 11.1 Å². The molecule has 0 saturated carbocycles. The van der Waals surface area contributed by atoms with Gasteiger partial charge in [-0.3, -0.25) is 0 Å². The van der Waals surface area contributed by atoms with Crippen LogP contribution in [-0.4, -0.2) is 23.4 Å². The number of allylic oxidation sites excluding steroid dienone is 2. The van der Waals surface area contributed by atoms with E-state index in [-0.39, 0.29) is 12.4 Å². The van der Waals surface area contributed by atoms with E-state index in [9.17, 15) is 5.11 Å². The topological polar surface area (TPSA) is 49.7 Å². The molecule has 2 N–H and O–H groups in total. The molecule has 2 aromatic rings. The fourth-order valence-corrected chi connectivity index (χ4v) is 3.05. The third-order valence-electron chi connectivity index (χ3n) is 4.47. The number of phenols is 1. The highest BCUT2D eigenvalue weighted by atomic mass is 16.5. The van der Waals surface area contributed by atoms with Crippen LogP contribution in [-0.2, 0) is 12.8 Å². The normalized spacial score (nSPS) is 10.6. The highest BCUT2D eigenvalue weighted by molar-refractivity contribution is 5.76. The number of phenolic OH excluding ortho intramolecular Hbond substituents is 1. The number of rotatable bonds is 12. The van der Waals surface area contributed by atoms with Gasteiger partial charge in [0.05, 0.1) is 6.61 Å². The first kappa shape index (κ1) is 20.8. The first-order chi connectivity index (χ1) is 13.2. The van der Waals surface area contributed by atoms with Crippen molar-refractivity contribution in [1.29, 1.82) is 0 Å². The standard InChI is InChI=1S/C24H30O3/c1-3-9-19-11-13-23(26)21(17-19)22-18-20(10-4-2)12-14-24(22)27-16-8-6-5-7-15-25/h3-4,11-14,17-18,25-26H,1-2,5-10,15-16H2. The van der Waals surface area contributed by atoms with Crippen LogP contribution in [0, 0.1) is 0 Å². The molecule has 0 spiro atoms. The Kier molecular flexibility index (Phi) is 8.66. The molecule has 0 bridgehead atoms. The van der Waals surface area contributed by atoms with Gasteiger partial charge in [-0.1, -0.05) is 30.7 Å². The average molecular weight is 367 g/mol. The molecular weight excluding hydrogens is 336 g/mol. The monoisotopic (exact) mass is 366 g/mol. The van der Waals surface area contributed by atoms with Gasteiger partial charge in [-0.15, -0.1) is 13.2 Å². The highest BCUT2D eigenvalue weighted by Crippen LogP contribution is 2.37. The summed E-state index contributed by atoms with van der Waals surface area (Å²) in [7, 11) is 0. The van der Waals surface area contributed by atoms with E-state index in [4.69, 9.17) is 9.84 Å². The van der Waals surface area contributed by atoms with Gasteiger partial charge in [0.25, 0.3) is 0 Å². The zero-order chi connectivity index (χ0) is 19.5. The molecular formula is C24H30O3. The highest BCUT2D eigenvalue weighted by Gasteiger charge is 2.12. The van der Waals surface area contributed by atoms with Gasteiger partial charge in [0.2, 0.25) is 0 Å². The van der Waals surface area contributed by atoms with Gasteiger partial charge >= 0.3 is 0 Å². The summed E-state index contributed by atoms with van der Waals surface area (Å²) in [6, 6.07) is 11.7. The Balaban J connectivity index is 2.26. The predicted molar refractivity (Wildman–Crippen MR) is 112 cm³/mol. The van der Waals surface area contributed by atoms with Crippen LogP contribution in [0.5, 0.6) is 11.5 Å². The summed E-state index contributed by atoms with van der Waals surface area (Å²) in [6.07, 6.45) is 9.06. The number of hydrogen-bond acceptors (Lipinski definition) is 3. The van der Waals surface area contributed by atoms with Crippen LogP contribution in [0.15, 0.2) is 61.7 Å². The quantitative estimate of drug-likeness (QED) is 0.388. The number of aromatic hydroxyl groups is 1. The smallest absolute Gasteiger partial charge is 0.127 e. The summed E-state index contributed by atoms with van der Waals surface area (Å²) in [4.78, 5) is 0. The minimum atomic E-state index is 0.242. The van der Waals surface area contributed by atoms with Crippen LogP contribution in [0.2, 0.25) is 0 Å². The molecule has 0 aliphatic heterocycles. The summed E-state index contributed by atoms with van der Waals surface area (Å²) in [5, 5.41) is 19.3. The maximum Gasteiger partial charge on any atom is 0.127 e. The zero-order valence-corrected chi connectivity index (χ0v) is 16.0. The molecule has 2 rings (SSSR count). The molecule has 27 heavy (non-hydrogen) atoms. The molecule has 0 fully saturated rings. The van der Waals surface area contributed by atoms with Crippen molar-refractivity contribution >= 4 is 0 Å². The lowest BCUT2D eigenvalue weighted by atomic mass is 9.97. The van der Waals surface area contributed by atoms with Crippen LogP contribution < -0.4 is 4.74 Å². The molecule has 0 saturated heterocycles. The Bertz CT molecular complexity index is 749. The van der Waals surface area contributed by atoms with Gasteiger partial charge in [-0.05, 0) is 67.5 Å². The van der Waals surface area contributed by atoms with Crippen molar-refractivity contribution < 1.29 is 14.9 Å². The summed E-state index contributed by atoms with van der Waals surface area (Å²) in [6.45, 7) is 8.47. The van der Waals surface area contributed by atoms with E-state index in [1.54, 1.807) is 6.07 Å². The fraction of sp³-hybridized carbons (Fsp3) is 0.333. The lowest BCUT2D eigenvalue weighted by molar-refractivity contribution is 0.273. The Hall–Kier alpha value is -2.52. The lowest BCUT2D eigenvalue weighted by Crippen LogP contribution is -2.00. The molecule has 3 nitrogen and oxygen atoms in total. The number of aliphatic hydroxyl groups is 1. The molecule has 144 valence electrons. The molecule has 0 amide bonds. The number of benzene rings is 2. The summed E-state index contributed by atoms with van der Waals surface area (Å²) >= 11 is 0. The van der Waals surface area contributed by atoms with E-state index in [2.05, 4.69) is 19.2 Å². The Morgan fingerprint density at radius 1 is 0.815 bits per heavy atom. The SMILES string of the molecule is C=CCc1ccc(O)c(-c2cc(CC=C)ccc2OCCCCCCO)c1. The largest absolute Gasteiger partial charge is 0.507 e. The Labute approximate surface area is 162 Å². The molecule has 3 heteroatoms. The third kappa shape index (κ3) is 6.30. The molecule has 0 aliphatic rings. The van der Waals surface area contributed by atoms with E-state index in [1.165, 1.54) is 0 Å². The predicted octanol–water partition coefficient (Wildman–Crippen LogP) is 5.45. The molecule has 0 unspecified atom stereocenters. The van der Waals surface area contributed by atoms with Gasteiger partial charge in [-0.2, -0.15) is 0 Å². The molecule has 2 aromatic carbocycles. The van der Waals surface area contributed by atoms with Gasteiger partial charge in [0, 0.05) is 17.7 Å². The Morgan fingerprint density at radius 2 is 1.44 bits per heavy atom. The van der Waals surface area contributed by atoms with Crippen molar-refractivity contribution in [3.05, 3.63) is 72.8 Å². The second-order valence-electron chi connectivity index (χ2n) is 6.65. The van der Waals surface area contributed by atoms with E-state index in [0.717, 1.165) is 66.5 Å². The summed E-state index contributed by atoms with van der Waals surface area (Å²) in [5.74, 6) is 1.02. The number of aliphatic hydroxyl groups excluding tert-OH is 1. The van der Waals surface area contributed by atoms with E-state index >= 15 is 0 Å². The second-order valence-corrected chi connectivity index (χ2v) is 6.65. The van der Waals surface area contributed by atoms with Crippen LogP contribution in [0.3, 0.4) is 0 Å².